The average Bonchev–Trinajstić information content (AvgIpc) is 2.92. The van der Waals surface area contributed by atoms with Gasteiger partial charge in [-0.2, -0.15) is 5.10 Å². The number of benzene rings is 1. The lowest BCUT2D eigenvalue weighted by Gasteiger charge is -2.07. The molecule has 2 rings (SSSR count). The number of rotatable bonds is 7. The van der Waals surface area contributed by atoms with Gasteiger partial charge in [0.2, 0.25) is 0 Å². The highest BCUT2D eigenvalue weighted by Crippen LogP contribution is 2.15. The fraction of sp³-hybridized carbons (Fsp3) is 0.286. The summed E-state index contributed by atoms with van der Waals surface area (Å²) in [5, 5.41) is 18.2. The van der Waals surface area contributed by atoms with Crippen molar-refractivity contribution in [3.63, 3.8) is 0 Å². The van der Waals surface area contributed by atoms with E-state index in [-0.39, 0.29) is 5.69 Å². The molecule has 0 amide bonds. The molecule has 0 saturated carbocycles. The van der Waals surface area contributed by atoms with Gasteiger partial charge < -0.3 is 15.2 Å². The van der Waals surface area contributed by atoms with Gasteiger partial charge in [-0.1, -0.05) is 19.1 Å². The molecule has 0 radical (unpaired) electrons. The van der Waals surface area contributed by atoms with Crippen molar-refractivity contribution >= 4 is 11.8 Å². The zero-order valence-corrected chi connectivity index (χ0v) is 11.2. The molecule has 0 spiro atoms. The van der Waals surface area contributed by atoms with Crippen molar-refractivity contribution < 1.29 is 14.6 Å². The summed E-state index contributed by atoms with van der Waals surface area (Å²) >= 11 is 0. The highest BCUT2D eigenvalue weighted by Gasteiger charge is 2.07. The largest absolute Gasteiger partial charge is 0.494 e. The second-order valence-corrected chi connectivity index (χ2v) is 4.32. The van der Waals surface area contributed by atoms with Crippen LogP contribution >= 0.6 is 0 Å². The minimum Gasteiger partial charge on any atom is -0.494 e. The molecule has 1 aromatic carbocycles. The number of anilines is 1. The first-order valence-electron chi connectivity index (χ1n) is 6.43. The summed E-state index contributed by atoms with van der Waals surface area (Å²) in [6.07, 6.45) is 0.966. The van der Waals surface area contributed by atoms with Gasteiger partial charge in [0, 0.05) is 12.6 Å². The maximum Gasteiger partial charge on any atom is 0.353 e. The fourth-order valence-electron chi connectivity index (χ4n) is 1.68. The molecular formula is C14H17N3O3. The van der Waals surface area contributed by atoms with E-state index in [4.69, 9.17) is 9.84 Å². The van der Waals surface area contributed by atoms with Gasteiger partial charge in [0.25, 0.3) is 0 Å². The monoisotopic (exact) mass is 275 g/mol. The Morgan fingerprint density at radius 2 is 2.30 bits per heavy atom. The Hall–Kier alpha value is -2.50. The number of ether oxygens (including phenoxy) is 1. The number of hydrogen-bond donors (Lipinski definition) is 3. The molecule has 6 nitrogen and oxygen atoms in total. The standard InChI is InChI=1S/C14H17N3O3/c1-2-6-20-11-5-3-4-10(7-11)9-15-13-8-12(14(18)19)16-17-13/h3-5,7-8H,2,6,9H2,1H3,(H,18,19)(H2,15,16,17). The number of carboxylic acid groups (broad SMARTS) is 1. The molecule has 1 heterocycles. The number of hydrogen-bond acceptors (Lipinski definition) is 4. The number of aromatic nitrogens is 2. The minimum absolute atomic E-state index is 0.0625. The van der Waals surface area contributed by atoms with Gasteiger partial charge in [-0.3, -0.25) is 5.10 Å². The van der Waals surface area contributed by atoms with Crippen LogP contribution in [-0.2, 0) is 6.54 Å². The molecule has 0 aliphatic carbocycles. The van der Waals surface area contributed by atoms with Crippen molar-refractivity contribution in [3.8, 4) is 5.75 Å². The van der Waals surface area contributed by atoms with Gasteiger partial charge in [0.1, 0.15) is 17.3 Å². The zero-order chi connectivity index (χ0) is 14.4. The highest BCUT2D eigenvalue weighted by molar-refractivity contribution is 5.86. The first-order chi connectivity index (χ1) is 9.69. The summed E-state index contributed by atoms with van der Waals surface area (Å²) < 4.78 is 5.56. The Labute approximate surface area is 116 Å². The maximum absolute atomic E-state index is 10.7. The van der Waals surface area contributed by atoms with Crippen molar-refractivity contribution in [2.45, 2.75) is 19.9 Å². The van der Waals surface area contributed by atoms with Gasteiger partial charge >= 0.3 is 5.97 Å². The smallest absolute Gasteiger partial charge is 0.353 e. The third-order valence-electron chi connectivity index (χ3n) is 2.65. The number of aromatic amines is 1. The Kier molecular flexibility index (Phi) is 4.60. The normalized spacial score (nSPS) is 10.2. The first kappa shape index (κ1) is 13.9. The molecule has 0 atom stereocenters. The lowest BCUT2D eigenvalue weighted by Crippen LogP contribution is -2.01. The number of nitrogens with one attached hydrogen (secondary N) is 2. The van der Waals surface area contributed by atoms with Crippen molar-refractivity contribution in [3.05, 3.63) is 41.6 Å². The number of nitrogens with zero attached hydrogens (tertiary/aromatic N) is 1. The molecule has 6 heteroatoms. The summed E-state index contributed by atoms with van der Waals surface area (Å²) in [5.74, 6) is 0.308. The molecule has 0 aliphatic heterocycles. The van der Waals surface area contributed by atoms with E-state index in [9.17, 15) is 4.79 Å². The van der Waals surface area contributed by atoms with Crippen molar-refractivity contribution in [2.24, 2.45) is 0 Å². The van der Waals surface area contributed by atoms with Gasteiger partial charge in [0.15, 0.2) is 0 Å². The van der Waals surface area contributed by atoms with E-state index in [1.807, 2.05) is 24.3 Å². The molecule has 0 unspecified atom stereocenters. The Bertz CT molecular complexity index is 581. The van der Waals surface area contributed by atoms with Crippen molar-refractivity contribution in [1.29, 1.82) is 0 Å². The summed E-state index contributed by atoms with van der Waals surface area (Å²) in [7, 11) is 0. The van der Waals surface area contributed by atoms with E-state index >= 15 is 0 Å². The molecule has 0 fully saturated rings. The Morgan fingerprint density at radius 3 is 3.00 bits per heavy atom. The number of H-pyrrole nitrogens is 1. The molecule has 1 aromatic heterocycles. The lowest BCUT2D eigenvalue weighted by atomic mass is 10.2. The predicted molar refractivity (Wildman–Crippen MR) is 75.1 cm³/mol. The van der Waals surface area contributed by atoms with Crippen LogP contribution in [0.4, 0.5) is 5.82 Å². The van der Waals surface area contributed by atoms with Crippen LogP contribution in [0.1, 0.15) is 29.4 Å². The summed E-state index contributed by atoms with van der Waals surface area (Å²) in [4.78, 5) is 10.7. The molecule has 0 aliphatic rings. The van der Waals surface area contributed by atoms with Crippen LogP contribution in [0, 0.1) is 0 Å². The number of aromatic carboxylic acids is 1. The number of carbonyl (C=O) groups is 1. The van der Waals surface area contributed by atoms with E-state index in [0.717, 1.165) is 17.7 Å². The van der Waals surface area contributed by atoms with Crippen molar-refractivity contribution in [2.75, 3.05) is 11.9 Å². The van der Waals surface area contributed by atoms with Crippen LogP contribution in [0.15, 0.2) is 30.3 Å². The molecule has 3 N–H and O–H groups in total. The second kappa shape index (κ2) is 6.60. The zero-order valence-electron chi connectivity index (χ0n) is 11.2. The topological polar surface area (TPSA) is 87.2 Å². The molecule has 0 bridgehead atoms. The van der Waals surface area contributed by atoms with Crippen LogP contribution in [0.3, 0.4) is 0 Å². The van der Waals surface area contributed by atoms with Gasteiger partial charge in [0.05, 0.1) is 6.61 Å². The van der Waals surface area contributed by atoms with E-state index in [0.29, 0.717) is 19.0 Å². The molecule has 106 valence electrons. The first-order valence-corrected chi connectivity index (χ1v) is 6.43. The molecule has 0 saturated heterocycles. The van der Waals surface area contributed by atoms with Crippen LogP contribution in [-0.4, -0.2) is 27.9 Å². The van der Waals surface area contributed by atoms with Crippen LogP contribution in [0.25, 0.3) is 0 Å². The van der Waals surface area contributed by atoms with E-state index in [1.165, 1.54) is 6.07 Å². The molecule has 20 heavy (non-hydrogen) atoms. The highest BCUT2D eigenvalue weighted by atomic mass is 16.5. The maximum atomic E-state index is 10.7. The van der Waals surface area contributed by atoms with Crippen LogP contribution in [0.5, 0.6) is 5.75 Å². The predicted octanol–water partition coefficient (Wildman–Crippen LogP) is 2.51. The van der Waals surface area contributed by atoms with Crippen molar-refractivity contribution in [1.82, 2.24) is 10.2 Å². The third-order valence-corrected chi connectivity index (χ3v) is 2.65. The van der Waals surface area contributed by atoms with Gasteiger partial charge in [-0.25, -0.2) is 4.79 Å². The summed E-state index contributed by atoms with van der Waals surface area (Å²) in [6.45, 7) is 3.30. The average molecular weight is 275 g/mol. The third kappa shape index (κ3) is 3.74. The number of carboxylic acids is 1. The minimum atomic E-state index is -1.03. The Morgan fingerprint density at radius 1 is 1.45 bits per heavy atom. The Balaban J connectivity index is 1.94. The SMILES string of the molecule is CCCOc1cccc(CNc2cc(C(=O)O)[nH]n2)c1. The summed E-state index contributed by atoms with van der Waals surface area (Å²) in [5.41, 5.74) is 1.10. The molecular weight excluding hydrogens is 258 g/mol. The van der Waals surface area contributed by atoms with E-state index < -0.39 is 5.97 Å². The van der Waals surface area contributed by atoms with Crippen LogP contribution in [0.2, 0.25) is 0 Å². The quantitative estimate of drug-likeness (QED) is 0.722. The summed E-state index contributed by atoms with van der Waals surface area (Å²) in [6, 6.07) is 9.22. The van der Waals surface area contributed by atoms with E-state index in [1.54, 1.807) is 0 Å². The fourth-order valence-corrected chi connectivity index (χ4v) is 1.68. The van der Waals surface area contributed by atoms with E-state index in [2.05, 4.69) is 22.4 Å². The molecule has 2 aromatic rings. The van der Waals surface area contributed by atoms with Gasteiger partial charge in [-0.05, 0) is 24.1 Å². The van der Waals surface area contributed by atoms with Crippen LogP contribution < -0.4 is 10.1 Å². The second-order valence-electron chi connectivity index (χ2n) is 4.32. The van der Waals surface area contributed by atoms with Gasteiger partial charge in [-0.15, -0.1) is 0 Å². The lowest BCUT2D eigenvalue weighted by molar-refractivity contribution is 0.0690.